The zero-order valence-corrected chi connectivity index (χ0v) is 20.7. The van der Waals surface area contributed by atoms with Crippen LogP contribution in [0.2, 0.25) is 0 Å². The molecule has 0 atom stereocenters. The van der Waals surface area contributed by atoms with Gasteiger partial charge in [-0.2, -0.15) is 0 Å². The van der Waals surface area contributed by atoms with Crippen molar-refractivity contribution in [3.63, 3.8) is 0 Å². The van der Waals surface area contributed by atoms with E-state index in [-0.39, 0.29) is 0 Å². The Morgan fingerprint density at radius 2 is 0.794 bits per heavy atom. The van der Waals surface area contributed by atoms with E-state index in [0.717, 1.165) is 30.2 Å². The predicted octanol–water partition coefficient (Wildman–Crippen LogP) is 8.79. The molecule has 0 aliphatic heterocycles. The fourth-order valence-corrected chi connectivity index (χ4v) is 4.15. The second-order valence-electron chi connectivity index (χ2n) is 8.70. The summed E-state index contributed by atoms with van der Waals surface area (Å²) in [6.07, 6.45) is 4.36. The monoisotopic (exact) mass is 446 g/mol. The molecule has 0 spiro atoms. The molecule has 0 unspecified atom stereocenters. The number of rotatable bonds is 8. The molecular weight excluding hydrogens is 412 g/mol. The van der Waals surface area contributed by atoms with E-state index < -0.39 is 0 Å². The standard InChI is InChI=1S/C32H34N2/c1-5-33(6-2)29-21-13-27(14-22-29)11-12-28-15-23-32(24-16-28)34(30-17-7-25(3)8-18-30)31-19-9-26(4)10-20-31/h7-24H,5-6H2,1-4H3. The van der Waals surface area contributed by atoms with Gasteiger partial charge in [0.15, 0.2) is 0 Å². The summed E-state index contributed by atoms with van der Waals surface area (Å²) in [5.41, 5.74) is 9.66. The van der Waals surface area contributed by atoms with Crippen LogP contribution in [0.15, 0.2) is 97.1 Å². The van der Waals surface area contributed by atoms with E-state index in [4.69, 9.17) is 0 Å². The van der Waals surface area contributed by atoms with E-state index in [9.17, 15) is 0 Å². The third-order valence-corrected chi connectivity index (χ3v) is 6.23. The maximum Gasteiger partial charge on any atom is 0.0462 e. The molecule has 4 rings (SSSR count). The first kappa shape index (κ1) is 23.4. The number of nitrogens with zero attached hydrogens (tertiary/aromatic N) is 2. The van der Waals surface area contributed by atoms with Gasteiger partial charge in [0.25, 0.3) is 0 Å². The number of aryl methyl sites for hydroxylation is 2. The van der Waals surface area contributed by atoms with Crippen LogP contribution < -0.4 is 9.80 Å². The van der Waals surface area contributed by atoms with Crippen LogP contribution in [-0.2, 0) is 0 Å². The molecule has 4 aromatic carbocycles. The highest BCUT2D eigenvalue weighted by Crippen LogP contribution is 2.34. The largest absolute Gasteiger partial charge is 0.372 e. The van der Waals surface area contributed by atoms with E-state index in [2.05, 4.69) is 147 Å². The lowest BCUT2D eigenvalue weighted by molar-refractivity contribution is 0.866. The van der Waals surface area contributed by atoms with Crippen molar-refractivity contribution in [2.75, 3.05) is 22.9 Å². The van der Waals surface area contributed by atoms with Crippen LogP contribution in [0.4, 0.5) is 22.7 Å². The zero-order chi connectivity index (χ0) is 23.9. The minimum Gasteiger partial charge on any atom is -0.372 e. The van der Waals surface area contributed by atoms with E-state index >= 15 is 0 Å². The second-order valence-corrected chi connectivity index (χ2v) is 8.70. The topological polar surface area (TPSA) is 6.48 Å². The van der Waals surface area contributed by atoms with Crippen molar-refractivity contribution in [1.82, 2.24) is 0 Å². The van der Waals surface area contributed by atoms with Gasteiger partial charge in [0.1, 0.15) is 0 Å². The first-order valence-electron chi connectivity index (χ1n) is 12.1. The van der Waals surface area contributed by atoms with Gasteiger partial charge in [0.2, 0.25) is 0 Å². The molecule has 0 fully saturated rings. The fraction of sp³-hybridized carbons (Fsp3) is 0.188. The lowest BCUT2D eigenvalue weighted by Gasteiger charge is -2.25. The van der Waals surface area contributed by atoms with Gasteiger partial charge in [-0.15, -0.1) is 0 Å². The van der Waals surface area contributed by atoms with Crippen molar-refractivity contribution in [2.45, 2.75) is 27.7 Å². The Labute approximate surface area is 204 Å². The molecule has 172 valence electrons. The minimum atomic E-state index is 1.03. The zero-order valence-electron chi connectivity index (χ0n) is 20.7. The number of hydrogen-bond donors (Lipinski definition) is 0. The average molecular weight is 447 g/mol. The summed E-state index contributed by atoms with van der Waals surface area (Å²) in [4.78, 5) is 4.67. The van der Waals surface area contributed by atoms with Gasteiger partial charge in [0, 0.05) is 35.8 Å². The quantitative estimate of drug-likeness (QED) is 0.250. The van der Waals surface area contributed by atoms with Gasteiger partial charge in [-0.05, 0) is 87.4 Å². The summed E-state index contributed by atoms with van der Waals surface area (Å²) in [6.45, 7) is 10.7. The van der Waals surface area contributed by atoms with Gasteiger partial charge >= 0.3 is 0 Å². The Morgan fingerprint density at radius 1 is 0.471 bits per heavy atom. The van der Waals surface area contributed by atoms with Crippen LogP contribution in [0.25, 0.3) is 12.2 Å². The molecule has 0 amide bonds. The molecule has 0 saturated carbocycles. The van der Waals surface area contributed by atoms with Crippen LogP contribution in [0, 0.1) is 13.8 Å². The molecule has 0 aliphatic rings. The summed E-state index contributed by atoms with van der Waals surface area (Å²) in [7, 11) is 0. The first-order valence-corrected chi connectivity index (χ1v) is 12.1. The van der Waals surface area contributed by atoms with Gasteiger partial charge in [-0.3, -0.25) is 0 Å². The molecule has 4 aromatic rings. The van der Waals surface area contributed by atoms with Crippen molar-refractivity contribution >= 4 is 34.9 Å². The summed E-state index contributed by atoms with van der Waals surface area (Å²) >= 11 is 0. The Kier molecular flexibility index (Phi) is 7.49. The summed E-state index contributed by atoms with van der Waals surface area (Å²) in [6, 6.07) is 35.0. The van der Waals surface area contributed by atoms with Crippen molar-refractivity contribution in [1.29, 1.82) is 0 Å². The van der Waals surface area contributed by atoms with Crippen LogP contribution in [0.1, 0.15) is 36.1 Å². The molecule has 0 bridgehead atoms. The Bertz CT molecular complexity index is 1150. The van der Waals surface area contributed by atoms with Crippen molar-refractivity contribution in [3.8, 4) is 0 Å². The Balaban J connectivity index is 1.56. The highest BCUT2D eigenvalue weighted by Gasteiger charge is 2.12. The highest BCUT2D eigenvalue weighted by atomic mass is 15.1. The van der Waals surface area contributed by atoms with E-state index in [1.54, 1.807) is 0 Å². The van der Waals surface area contributed by atoms with Gasteiger partial charge < -0.3 is 9.80 Å². The van der Waals surface area contributed by atoms with Crippen LogP contribution >= 0.6 is 0 Å². The molecule has 0 radical (unpaired) electrons. The molecule has 0 N–H and O–H groups in total. The maximum atomic E-state index is 2.36. The molecule has 0 aromatic heterocycles. The Hall–Kier alpha value is -3.78. The fourth-order valence-electron chi connectivity index (χ4n) is 4.15. The lowest BCUT2D eigenvalue weighted by atomic mass is 10.1. The van der Waals surface area contributed by atoms with Crippen LogP contribution in [-0.4, -0.2) is 13.1 Å². The maximum absolute atomic E-state index is 2.36. The molecule has 2 heteroatoms. The molecule has 0 aliphatic carbocycles. The molecule has 34 heavy (non-hydrogen) atoms. The first-order chi connectivity index (χ1) is 16.6. The van der Waals surface area contributed by atoms with Crippen molar-refractivity contribution in [3.05, 3.63) is 119 Å². The molecule has 2 nitrogen and oxygen atoms in total. The third-order valence-electron chi connectivity index (χ3n) is 6.23. The van der Waals surface area contributed by atoms with Gasteiger partial charge in [-0.25, -0.2) is 0 Å². The van der Waals surface area contributed by atoms with E-state index in [0.29, 0.717) is 0 Å². The smallest absolute Gasteiger partial charge is 0.0462 e. The number of benzene rings is 4. The number of anilines is 4. The highest BCUT2D eigenvalue weighted by molar-refractivity contribution is 5.78. The summed E-state index contributed by atoms with van der Waals surface area (Å²) in [5.74, 6) is 0. The van der Waals surface area contributed by atoms with Crippen molar-refractivity contribution < 1.29 is 0 Å². The molecule has 0 saturated heterocycles. The SMILES string of the molecule is CCN(CC)c1ccc(C=Cc2ccc(N(c3ccc(C)cc3)c3ccc(C)cc3)cc2)cc1. The van der Waals surface area contributed by atoms with Gasteiger partial charge in [0.05, 0.1) is 0 Å². The van der Waals surface area contributed by atoms with Crippen LogP contribution in [0.3, 0.4) is 0 Å². The Morgan fingerprint density at radius 3 is 1.15 bits per heavy atom. The lowest BCUT2D eigenvalue weighted by Crippen LogP contribution is -2.21. The predicted molar refractivity (Wildman–Crippen MR) is 150 cm³/mol. The average Bonchev–Trinajstić information content (AvgIpc) is 2.87. The van der Waals surface area contributed by atoms with E-state index in [1.807, 2.05) is 0 Å². The second kappa shape index (κ2) is 10.9. The minimum absolute atomic E-state index is 1.03. The summed E-state index contributed by atoms with van der Waals surface area (Å²) < 4.78 is 0. The molecular formula is C32H34N2. The number of hydrogen-bond acceptors (Lipinski definition) is 2. The third kappa shape index (κ3) is 5.58. The normalized spacial score (nSPS) is 11.1. The van der Waals surface area contributed by atoms with Crippen LogP contribution in [0.5, 0.6) is 0 Å². The van der Waals surface area contributed by atoms with Gasteiger partial charge in [-0.1, -0.05) is 71.8 Å². The summed E-state index contributed by atoms with van der Waals surface area (Å²) in [5, 5.41) is 0. The van der Waals surface area contributed by atoms with E-state index in [1.165, 1.54) is 27.9 Å². The molecule has 0 heterocycles. The van der Waals surface area contributed by atoms with Crippen molar-refractivity contribution in [2.24, 2.45) is 0 Å².